The molecule has 1 N–H and O–H groups in total. The Balaban J connectivity index is 2.14. The van der Waals surface area contributed by atoms with Gasteiger partial charge in [-0.05, 0) is 44.7 Å². The molecule has 0 bridgehead atoms. The lowest BCUT2D eigenvalue weighted by atomic mass is 9.78. The van der Waals surface area contributed by atoms with Crippen molar-refractivity contribution >= 4 is 5.91 Å². The first-order chi connectivity index (χ1) is 9.10. The van der Waals surface area contributed by atoms with Crippen LogP contribution in [0.5, 0.6) is 0 Å². The Hall–Kier alpha value is -0.610. The molecule has 4 heteroatoms. The second-order valence-corrected chi connectivity index (χ2v) is 6.42. The maximum Gasteiger partial charge on any atom is 0.231 e. The Morgan fingerprint density at radius 1 is 1.42 bits per heavy atom. The molecule has 110 valence electrons. The van der Waals surface area contributed by atoms with Crippen LogP contribution in [0.1, 0.15) is 39.5 Å². The van der Waals surface area contributed by atoms with Crippen LogP contribution in [-0.2, 0) is 9.53 Å². The number of nitrogens with one attached hydrogen (secondary N) is 1. The minimum absolute atomic E-state index is 0.280. The molecular weight excluding hydrogens is 240 g/mol. The first-order valence-electron chi connectivity index (χ1n) is 7.61. The average Bonchev–Trinajstić information content (AvgIpc) is 2.88. The summed E-state index contributed by atoms with van der Waals surface area (Å²) < 4.78 is 5.39. The van der Waals surface area contributed by atoms with Gasteiger partial charge in [-0.1, -0.05) is 13.8 Å². The van der Waals surface area contributed by atoms with Crippen molar-refractivity contribution in [3.8, 4) is 0 Å². The standard InChI is InChI=1S/C15H28N2O2/c1-12(2)13-5-4-10-17(13)14(18)15(11-19-3)6-8-16-9-7-15/h12-13,16H,4-11H2,1-3H3. The van der Waals surface area contributed by atoms with Gasteiger partial charge in [0.2, 0.25) is 5.91 Å². The highest BCUT2D eigenvalue weighted by atomic mass is 16.5. The third-order valence-corrected chi connectivity index (χ3v) is 4.76. The van der Waals surface area contributed by atoms with E-state index in [1.165, 1.54) is 0 Å². The summed E-state index contributed by atoms with van der Waals surface area (Å²) in [4.78, 5) is 15.2. The largest absolute Gasteiger partial charge is 0.384 e. The summed E-state index contributed by atoms with van der Waals surface area (Å²) in [6.07, 6.45) is 4.11. The Morgan fingerprint density at radius 2 is 2.11 bits per heavy atom. The Kier molecular flexibility index (Phi) is 4.85. The van der Waals surface area contributed by atoms with Crippen LogP contribution in [0.2, 0.25) is 0 Å². The fraction of sp³-hybridized carbons (Fsp3) is 0.933. The number of rotatable bonds is 4. The van der Waals surface area contributed by atoms with E-state index in [9.17, 15) is 4.79 Å². The first-order valence-corrected chi connectivity index (χ1v) is 7.61. The van der Waals surface area contributed by atoms with E-state index in [0.29, 0.717) is 24.5 Å². The number of methoxy groups -OCH3 is 1. The van der Waals surface area contributed by atoms with Crippen LogP contribution in [-0.4, -0.2) is 50.2 Å². The molecule has 1 unspecified atom stereocenters. The fourth-order valence-electron chi connectivity index (χ4n) is 3.64. The van der Waals surface area contributed by atoms with Crippen LogP contribution >= 0.6 is 0 Å². The molecule has 0 radical (unpaired) electrons. The minimum atomic E-state index is -0.280. The lowest BCUT2D eigenvalue weighted by Gasteiger charge is -2.41. The van der Waals surface area contributed by atoms with Gasteiger partial charge in [-0.25, -0.2) is 0 Å². The van der Waals surface area contributed by atoms with Crippen molar-refractivity contribution in [2.45, 2.75) is 45.6 Å². The van der Waals surface area contributed by atoms with Gasteiger partial charge in [0.25, 0.3) is 0 Å². The van der Waals surface area contributed by atoms with E-state index in [-0.39, 0.29) is 5.41 Å². The number of ether oxygens (including phenoxy) is 1. The van der Waals surface area contributed by atoms with Gasteiger partial charge >= 0.3 is 0 Å². The summed E-state index contributed by atoms with van der Waals surface area (Å²) in [7, 11) is 1.71. The van der Waals surface area contributed by atoms with Gasteiger partial charge in [-0.2, -0.15) is 0 Å². The topological polar surface area (TPSA) is 41.6 Å². The van der Waals surface area contributed by atoms with Crippen LogP contribution in [0.3, 0.4) is 0 Å². The van der Waals surface area contributed by atoms with E-state index < -0.39 is 0 Å². The Bertz CT molecular complexity index is 306. The minimum Gasteiger partial charge on any atom is -0.384 e. The van der Waals surface area contributed by atoms with Gasteiger partial charge in [0, 0.05) is 19.7 Å². The molecule has 0 aromatic heterocycles. The highest BCUT2D eigenvalue weighted by molar-refractivity contribution is 5.83. The molecule has 0 saturated carbocycles. The van der Waals surface area contributed by atoms with Crippen molar-refractivity contribution < 1.29 is 9.53 Å². The highest BCUT2D eigenvalue weighted by Gasteiger charge is 2.45. The Labute approximate surface area is 116 Å². The second-order valence-electron chi connectivity index (χ2n) is 6.42. The molecule has 2 saturated heterocycles. The number of carbonyl (C=O) groups excluding carboxylic acids is 1. The van der Waals surface area contributed by atoms with E-state index in [2.05, 4.69) is 24.1 Å². The van der Waals surface area contributed by atoms with Crippen molar-refractivity contribution in [1.82, 2.24) is 10.2 Å². The SMILES string of the molecule is COCC1(C(=O)N2CCCC2C(C)C)CCNCC1. The predicted octanol–water partition coefficient (Wildman–Crippen LogP) is 1.65. The van der Waals surface area contributed by atoms with Crippen LogP contribution in [0.15, 0.2) is 0 Å². The molecule has 19 heavy (non-hydrogen) atoms. The van der Waals surface area contributed by atoms with Gasteiger partial charge in [0.15, 0.2) is 0 Å². The van der Waals surface area contributed by atoms with Crippen LogP contribution in [0.4, 0.5) is 0 Å². The van der Waals surface area contributed by atoms with Crippen LogP contribution in [0.25, 0.3) is 0 Å². The van der Waals surface area contributed by atoms with Gasteiger partial charge < -0.3 is 15.0 Å². The molecule has 2 aliphatic rings. The van der Waals surface area contributed by atoms with Crippen molar-refractivity contribution in [1.29, 1.82) is 0 Å². The smallest absolute Gasteiger partial charge is 0.231 e. The molecule has 1 amide bonds. The zero-order chi connectivity index (χ0) is 13.9. The molecule has 2 rings (SSSR count). The van der Waals surface area contributed by atoms with Gasteiger partial charge in [0.05, 0.1) is 12.0 Å². The molecule has 0 aromatic rings. The van der Waals surface area contributed by atoms with E-state index in [4.69, 9.17) is 4.74 Å². The number of hydrogen-bond acceptors (Lipinski definition) is 3. The Morgan fingerprint density at radius 3 is 2.68 bits per heavy atom. The summed E-state index contributed by atoms with van der Waals surface area (Å²) in [5.41, 5.74) is -0.280. The lowest BCUT2D eigenvalue weighted by Crippen LogP contribution is -2.53. The molecule has 0 aliphatic carbocycles. The molecule has 4 nitrogen and oxygen atoms in total. The molecule has 0 aromatic carbocycles. The first kappa shape index (κ1) is 14.8. The summed E-state index contributed by atoms with van der Waals surface area (Å²) in [6.45, 7) is 7.79. The normalized spacial score (nSPS) is 26.9. The maximum atomic E-state index is 13.0. The van der Waals surface area contributed by atoms with E-state index in [1.54, 1.807) is 7.11 Å². The highest BCUT2D eigenvalue weighted by Crippen LogP contribution is 2.35. The van der Waals surface area contributed by atoms with Gasteiger partial charge in [-0.3, -0.25) is 4.79 Å². The summed E-state index contributed by atoms with van der Waals surface area (Å²) >= 11 is 0. The number of piperidine rings is 1. The number of likely N-dealkylation sites (tertiary alicyclic amines) is 1. The van der Waals surface area contributed by atoms with Crippen molar-refractivity contribution in [3.63, 3.8) is 0 Å². The van der Waals surface area contributed by atoms with E-state index in [0.717, 1.165) is 45.3 Å². The van der Waals surface area contributed by atoms with Crippen LogP contribution < -0.4 is 5.32 Å². The second kappa shape index (κ2) is 6.23. The lowest BCUT2D eigenvalue weighted by molar-refractivity contribution is -0.149. The summed E-state index contributed by atoms with van der Waals surface area (Å²) in [5, 5.41) is 3.35. The zero-order valence-corrected chi connectivity index (χ0v) is 12.6. The number of nitrogens with zero attached hydrogens (tertiary/aromatic N) is 1. The average molecular weight is 268 g/mol. The van der Waals surface area contributed by atoms with Crippen molar-refractivity contribution in [2.24, 2.45) is 11.3 Å². The molecule has 0 spiro atoms. The third kappa shape index (κ3) is 2.95. The predicted molar refractivity (Wildman–Crippen MR) is 76.0 cm³/mol. The number of hydrogen-bond donors (Lipinski definition) is 1. The van der Waals surface area contributed by atoms with Crippen molar-refractivity contribution in [3.05, 3.63) is 0 Å². The molecular formula is C15H28N2O2. The van der Waals surface area contributed by atoms with E-state index in [1.807, 2.05) is 0 Å². The third-order valence-electron chi connectivity index (χ3n) is 4.76. The number of amides is 1. The van der Waals surface area contributed by atoms with E-state index >= 15 is 0 Å². The quantitative estimate of drug-likeness (QED) is 0.843. The summed E-state index contributed by atoms with van der Waals surface area (Å²) in [6, 6.07) is 0.427. The molecule has 2 aliphatic heterocycles. The molecule has 2 heterocycles. The van der Waals surface area contributed by atoms with Crippen LogP contribution in [0, 0.1) is 11.3 Å². The van der Waals surface area contributed by atoms with Crippen molar-refractivity contribution in [2.75, 3.05) is 33.4 Å². The maximum absolute atomic E-state index is 13.0. The molecule has 1 atom stereocenters. The monoisotopic (exact) mass is 268 g/mol. The summed E-state index contributed by atoms with van der Waals surface area (Å²) in [5.74, 6) is 0.889. The van der Waals surface area contributed by atoms with Gasteiger partial charge in [0.1, 0.15) is 0 Å². The zero-order valence-electron chi connectivity index (χ0n) is 12.6. The molecule has 2 fully saturated rings. The van der Waals surface area contributed by atoms with Gasteiger partial charge in [-0.15, -0.1) is 0 Å². The fourth-order valence-corrected chi connectivity index (χ4v) is 3.64. The number of carbonyl (C=O) groups is 1.